The van der Waals surface area contributed by atoms with Crippen LogP contribution in [-0.2, 0) is 9.59 Å². The van der Waals surface area contributed by atoms with Gasteiger partial charge in [-0.05, 0) is 54.5 Å². The van der Waals surface area contributed by atoms with Crippen LogP contribution in [0.2, 0.25) is 0 Å². The third-order valence-corrected chi connectivity index (χ3v) is 3.63. The predicted octanol–water partition coefficient (Wildman–Crippen LogP) is 3.27. The molecule has 2 aromatic rings. The van der Waals surface area contributed by atoms with Crippen molar-refractivity contribution in [3.8, 4) is 5.75 Å². The summed E-state index contributed by atoms with van der Waals surface area (Å²) < 4.78 is 6.13. The minimum Gasteiger partial charge on any atom is -0.484 e. The molecule has 124 valence electrons. The zero-order valence-corrected chi connectivity index (χ0v) is 14.7. The molecule has 0 unspecified atom stereocenters. The van der Waals surface area contributed by atoms with Gasteiger partial charge in [0.25, 0.3) is 5.91 Å². The van der Waals surface area contributed by atoms with Crippen molar-refractivity contribution < 1.29 is 14.3 Å². The number of nitrogens with one attached hydrogen (secondary N) is 1. The number of carbonyl (C=O) groups excluding carboxylic acids is 2. The SMILES string of the molecule is Cc1cc(Br)ccc1NC(=O)C=Cc1ccc(OCC(N)=O)cc1. The molecular weight excluding hydrogens is 372 g/mol. The fraction of sp³-hybridized carbons (Fsp3) is 0.111. The standard InChI is InChI=1S/C18H17BrN2O3/c1-12-10-14(19)5-8-16(12)21-18(23)9-4-13-2-6-15(7-3-13)24-11-17(20)22/h2-10H,11H2,1H3,(H2,20,22)(H,21,23). The molecule has 0 aromatic heterocycles. The molecule has 0 saturated carbocycles. The highest BCUT2D eigenvalue weighted by Gasteiger charge is 2.02. The van der Waals surface area contributed by atoms with E-state index in [1.807, 2.05) is 25.1 Å². The zero-order chi connectivity index (χ0) is 17.5. The maximum atomic E-state index is 12.0. The molecule has 0 heterocycles. The summed E-state index contributed by atoms with van der Waals surface area (Å²) in [6, 6.07) is 12.6. The van der Waals surface area contributed by atoms with Crippen LogP contribution in [0.25, 0.3) is 6.08 Å². The number of anilines is 1. The van der Waals surface area contributed by atoms with E-state index in [4.69, 9.17) is 10.5 Å². The Balaban J connectivity index is 1.94. The van der Waals surface area contributed by atoms with Crippen LogP contribution in [0, 0.1) is 6.92 Å². The van der Waals surface area contributed by atoms with Gasteiger partial charge in [0.05, 0.1) is 0 Å². The van der Waals surface area contributed by atoms with E-state index >= 15 is 0 Å². The Kier molecular flexibility index (Phi) is 6.14. The maximum Gasteiger partial charge on any atom is 0.255 e. The second kappa shape index (κ2) is 8.31. The number of benzene rings is 2. The maximum absolute atomic E-state index is 12.0. The van der Waals surface area contributed by atoms with Crippen LogP contribution in [0.4, 0.5) is 5.69 Å². The molecule has 2 rings (SSSR count). The Labute approximate surface area is 148 Å². The van der Waals surface area contributed by atoms with E-state index in [9.17, 15) is 9.59 Å². The van der Waals surface area contributed by atoms with Crippen molar-refractivity contribution in [1.82, 2.24) is 0 Å². The molecule has 0 bridgehead atoms. The monoisotopic (exact) mass is 388 g/mol. The van der Waals surface area contributed by atoms with E-state index < -0.39 is 5.91 Å². The number of hydrogen-bond donors (Lipinski definition) is 2. The molecule has 0 saturated heterocycles. The Hall–Kier alpha value is -2.60. The minimum absolute atomic E-state index is 0.163. The van der Waals surface area contributed by atoms with Crippen molar-refractivity contribution in [2.45, 2.75) is 6.92 Å². The number of ether oxygens (including phenoxy) is 1. The van der Waals surface area contributed by atoms with Crippen LogP contribution in [0.15, 0.2) is 53.0 Å². The molecule has 0 spiro atoms. The summed E-state index contributed by atoms with van der Waals surface area (Å²) in [6.45, 7) is 1.76. The van der Waals surface area contributed by atoms with Crippen LogP contribution < -0.4 is 15.8 Å². The van der Waals surface area contributed by atoms with Gasteiger partial charge in [-0.15, -0.1) is 0 Å². The van der Waals surface area contributed by atoms with Crippen molar-refractivity contribution in [2.24, 2.45) is 5.73 Å². The van der Waals surface area contributed by atoms with Gasteiger partial charge in [-0.25, -0.2) is 0 Å². The molecule has 0 aliphatic carbocycles. The van der Waals surface area contributed by atoms with E-state index in [2.05, 4.69) is 21.2 Å². The van der Waals surface area contributed by atoms with Gasteiger partial charge < -0.3 is 15.8 Å². The number of rotatable bonds is 6. The number of amides is 2. The average molecular weight is 389 g/mol. The Morgan fingerprint density at radius 3 is 2.54 bits per heavy atom. The molecule has 24 heavy (non-hydrogen) atoms. The summed E-state index contributed by atoms with van der Waals surface area (Å²) in [5, 5.41) is 2.83. The lowest BCUT2D eigenvalue weighted by molar-refractivity contribution is -0.120. The van der Waals surface area contributed by atoms with Gasteiger partial charge in [0, 0.05) is 16.2 Å². The normalized spacial score (nSPS) is 10.6. The van der Waals surface area contributed by atoms with Crippen molar-refractivity contribution in [2.75, 3.05) is 11.9 Å². The number of halogens is 1. The first kappa shape index (κ1) is 17.7. The average Bonchev–Trinajstić information content (AvgIpc) is 2.54. The first-order valence-corrected chi connectivity index (χ1v) is 8.00. The van der Waals surface area contributed by atoms with Gasteiger partial charge >= 0.3 is 0 Å². The van der Waals surface area contributed by atoms with Gasteiger partial charge in [0.15, 0.2) is 6.61 Å². The second-order valence-electron chi connectivity index (χ2n) is 5.11. The fourth-order valence-electron chi connectivity index (χ4n) is 1.94. The molecule has 6 heteroatoms. The predicted molar refractivity (Wildman–Crippen MR) is 97.7 cm³/mol. The highest BCUT2D eigenvalue weighted by Crippen LogP contribution is 2.20. The van der Waals surface area contributed by atoms with Crippen LogP contribution >= 0.6 is 15.9 Å². The second-order valence-corrected chi connectivity index (χ2v) is 6.02. The van der Waals surface area contributed by atoms with Gasteiger partial charge in [0.1, 0.15) is 5.75 Å². The van der Waals surface area contributed by atoms with Gasteiger partial charge in [-0.3, -0.25) is 9.59 Å². The third kappa shape index (κ3) is 5.55. The molecule has 0 fully saturated rings. The first-order chi connectivity index (χ1) is 11.4. The summed E-state index contributed by atoms with van der Waals surface area (Å²) >= 11 is 3.39. The largest absolute Gasteiger partial charge is 0.484 e. The van der Waals surface area contributed by atoms with Gasteiger partial charge in [-0.1, -0.05) is 28.1 Å². The van der Waals surface area contributed by atoms with Gasteiger partial charge in [-0.2, -0.15) is 0 Å². The third-order valence-electron chi connectivity index (χ3n) is 3.13. The minimum atomic E-state index is -0.529. The molecule has 3 N–H and O–H groups in total. The Morgan fingerprint density at radius 2 is 1.92 bits per heavy atom. The van der Waals surface area contributed by atoms with E-state index in [-0.39, 0.29) is 12.5 Å². The van der Waals surface area contributed by atoms with E-state index in [0.717, 1.165) is 21.3 Å². The van der Waals surface area contributed by atoms with Crippen LogP contribution in [0.5, 0.6) is 5.75 Å². The smallest absolute Gasteiger partial charge is 0.255 e. The van der Waals surface area contributed by atoms with Crippen molar-refractivity contribution >= 4 is 39.5 Å². The van der Waals surface area contributed by atoms with Crippen LogP contribution in [-0.4, -0.2) is 18.4 Å². The van der Waals surface area contributed by atoms with Crippen LogP contribution in [0.3, 0.4) is 0 Å². The molecule has 0 aliphatic rings. The van der Waals surface area contributed by atoms with E-state index in [1.54, 1.807) is 30.3 Å². The number of nitrogens with two attached hydrogens (primary N) is 1. The molecule has 5 nitrogen and oxygen atoms in total. The molecule has 0 atom stereocenters. The Bertz CT molecular complexity index is 770. The molecule has 2 aromatic carbocycles. The van der Waals surface area contributed by atoms with Crippen molar-refractivity contribution in [3.63, 3.8) is 0 Å². The number of primary amides is 1. The molecular formula is C18H17BrN2O3. The van der Waals surface area contributed by atoms with E-state index in [0.29, 0.717) is 5.75 Å². The lowest BCUT2D eigenvalue weighted by atomic mass is 10.2. The highest BCUT2D eigenvalue weighted by atomic mass is 79.9. The lowest BCUT2D eigenvalue weighted by Crippen LogP contribution is -2.19. The summed E-state index contributed by atoms with van der Waals surface area (Å²) in [5.74, 6) is -0.200. The topological polar surface area (TPSA) is 81.4 Å². The number of hydrogen-bond acceptors (Lipinski definition) is 3. The van der Waals surface area contributed by atoms with Crippen LogP contribution in [0.1, 0.15) is 11.1 Å². The first-order valence-electron chi connectivity index (χ1n) is 7.20. The summed E-state index contributed by atoms with van der Waals surface area (Å²) in [6.07, 6.45) is 3.15. The molecule has 0 radical (unpaired) electrons. The van der Waals surface area contributed by atoms with E-state index in [1.165, 1.54) is 6.08 Å². The highest BCUT2D eigenvalue weighted by molar-refractivity contribution is 9.10. The Morgan fingerprint density at radius 1 is 1.21 bits per heavy atom. The summed E-state index contributed by atoms with van der Waals surface area (Å²) in [4.78, 5) is 22.6. The zero-order valence-electron chi connectivity index (χ0n) is 13.1. The quantitative estimate of drug-likeness (QED) is 0.744. The van der Waals surface area contributed by atoms with Gasteiger partial charge in [0.2, 0.25) is 5.91 Å². The molecule has 2 amide bonds. The number of carbonyl (C=O) groups is 2. The fourth-order valence-corrected chi connectivity index (χ4v) is 2.42. The molecule has 0 aliphatic heterocycles. The summed E-state index contributed by atoms with van der Waals surface area (Å²) in [5.41, 5.74) is 7.59. The van der Waals surface area contributed by atoms with Crippen molar-refractivity contribution in [1.29, 1.82) is 0 Å². The number of aryl methyl sites for hydroxylation is 1. The summed E-state index contributed by atoms with van der Waals surface area (Å²) in [7, 11) is 0. The lowest BCUT2D eigenvalue weighted by Gasteiger charge is -2.06. The van der Waals surface area contributed by atoms with Crippen molar-refractivity contribution in [3.05, 3.63) is 64.1 Å².